The summed E-state index contributed by atoms with van der Waals surface area (Å²) in [5, 5.41) is 10.1. The number of anilines is 1. The van der Waals surface area contributed by atoms with Crippen LogP contribution in [0.25, 0.3) is 5.69 Å². The minimum Gasteiger partial charge on any atom is -0.465 e. The summed E-state index contributed by atoms with van der Waals surface area (Å²) < 4.78 is 11.6. The molecule has 2 rings (SSSR count). The van der Waals surface area contributed by atoms with Crippen LogP contribution in [-0.2, 0) is 24.5 Å². The van der Waals surface area contributed by atoms with Gasteiger partial charge in [-0.1, -0.05) is 32.9 Å². The largest absolute Gasteiger partial charge is 0.465 e. The maximum absolute atomic E-state index is 12.9. The maximum Gasteiger partial charge on any atom is 0.325 e. The molecule has 10 nitrogen and oxygen atoms in total. The molecule has 0 spiro atoms. The van der Waals surface area contributed by atoms with Gasteiger partial charge in [0.05, 0.1) is 24.6 Å². The number of carbonyl (C=O) groups is 3. The van der Waals surface area contributed by atoms with Crippen molar-refractivity contribution in [3.63, 3.8) is 0 Å². The van der Waals surface area contributed by atoms with Gasteiger partial charge in [0.25, 0.3) is 0 Å². The molecular formula is C24H35N5O5. The molecule has 34 heavy (non-hydrogen) atoms. The average molecular weight is 474 g/mol. The molecule has 10 heteroatoms. The number of rotatable bonds is 10. The fourth-order valence-electron chi connectivity index (χ4n) is 3.07. The molecule has 0 aliphatic carbocycles. The van der Waals surface area contributed by atoms with Crippen LogP contribution in [0.1, 0.15) is 39.0 Å². The normalized spacial score (nSPS) is 11.1. The fraction of sp³-hybridized carbons (Fsp3) is 0.500. The molecule has 0 atom stereocenters. The first-order valence-electron chi connectivity index (χ1n) is 11.2. The Balaban J connectivity index is 2.20. The first-order chi connectivity index (χ1) is 16.0. The van der Waals surface area contributed by atoms with Crippen LogP contribution in [0, 0.1) is 6.92 Å². The zero-order valence-electron chi connectivity index (χ0n) is 20.8. The molecule has 3 amide bonds. The van der Waals surface area contributed by atoms with Crippen LogP contribution < -0.4 is 10.6 Å². The molecule has 186 valence electrons. The van der Waals surface area contributed by atoms with E-state index in [1.54, 1.807) is 11.6 Å². The van der Waals surface area contributed by atoms with E-state index < -0.39 is 17.9 Å². The summed E-state index contributed by atoms with van der Waals surface area (Å²) in [6, 6.07) is 9.06. The minimum absolute atomic E-state index is 0.170. The van der Waals surface area contributed by atoms with E-state index in [-0.39, 0.29) is 38.3 Å². The molecule has 0 saturated carbocycles. The number of aromatic nitrogens is 2. The van der Waals surface area contributed by atoms with Gasteiger partial charge in [-0.05, 0) is 31.5 Å². The van der Waals surface area contributed by atoms with Gasteiger partial charge in [0.15, 0.2) is 0 Å². The van der Waals surface area contributed by atoms with Crippen molar-refractivity contribution in [2.45, 2.75) is 40.0 Å². The van der Waals surface area contributed by atoms with E-state index in [4.69, 9.17) is 14.6 Å². The number of hydrogen-bond donors (Lipinski definition) is 2. The van der Waals surface area contributed by atoms with Crippen molar-refractivity contribution >= 4 is 23.7 Å². The van der Waals surface area contributed by atoms with Gasteiger partial charge in [-0.2, -0.15) is 5.10 Å². The first-order valence-corrected chi connectivity index (χ1v) is 11.2. The third-order valence-corrected chi connectivity index (χ3v) is 4.87. The highest BCUT2D eigenvalue weighted by molar-refractivity contribution is 5.94. The Hall–Kier alpha value is -3.40. The number of nitrogens with zero attached hydrogens (tertiary/aromatic N) is 3. The summed E-state index contributed by atoms with van der Waals surface area (Å²) in [6.45, 7) is 9.90. The maximum atomic E-state index is 12.9. The lowest BCUT2D eigenvalue weighted by molar-refractivity contribution is -0.141. The summed E-state index contributed by atoms with van der Waals surface area (Å²) in [6.07, 6.45) is 0. The zero-order chi connectivity index (χ0) is 25.3. The van der Waals surface area contributed by atoms with Crippen molar-refractivity contribution < 1.29 is 23.9 Å². The Bertz CT molecular complexity index is 996. The van der Waals surface area contributed by atoms with Crippen molar-refractivity contribution in [3.05, 3.63) is 41.6 Å². The quantitative estimate of drug-likeness (QED) is 0.513. The van der Waals surface area contributed by atoms with Crippen LogP contribution in [-0.4, -0.2) is 72.5 Å². The molecule has 0 fully saturated rings. The third kappa shape index (κ3) is 7.87. The number of urea groups is 1. The van der Waals surface area contributed by atoms with Crippen LogP contribution >= 0.6 is 0 Å². The van der Waals surface area contributed by atoms with Gasteiger partial charge in [-0.25, -0.2) is 9.48 Å². The summed E-state index contributed by atoms with van der Waals surface area (Å²) in [4.78, 5) is 38.3. The van der Waals surface area contributed by atoms with E-state index in [1.165, 1.54) is 12.0 Å². The number of carbonyl (C=O) groups excluding carboxylic acids is 3. The molecule has 0 radical (unpaired) electrons. The Morgan fingerprint density at radius 2 is 1.91 bits per heavy atom. The van der Waals surface area contributed by atoms with E-state index in [2.05, 4.69) is 10.6 Å². The van der Waals surface area contributed by atoms with E-state index in [1.807, 2.05) is 58.0 Å². The standard InChI is InChI=1S/C24H35N5O5/c1-7-34-22(31)15-25-23(32)28(11-12-33-6)16-21(30)26-20-14-19(24(3,4)5)27-29(20)18-10-8-9-17(2)13-18/h8-10,13-14H,7,11-12,15-16H2,1-6H3,(H,25,32)(H,26,30). The van der Waals surface area contributed by atoms with Crippen molar-refractivity contribution in [2.75, 3.05) is 45.3 Å². The fourth-order valence-corrected chi connectivity index (χ4v) is 3.07. The Morgan fingerprint density at radius 1 is 1.18 bits per heavy atom. The molecular weight excluding hydrogens is 438 g/mol. The lowest BCUT2D eigenvalue weighted by Crippen LogP contribution is -2.47. The van der Waals surface area contributed by atoms with Crippen LogP contribution in [0.2, 0.25) is 0 Å². The highest BCUT2D eigenvalue weighted by Gasteiger charge is 2.23. The number of esters is 1. The van der Waals surface area contributed by atoms with Crippen molar-refractivity contribution in [3.8, 4) is 5.69 Å². The lowest BCUT2D eigenvalue weighted by atomic mass is 9.92. The highest BCUT2D eigenvalue weighted by Crippen LogP contribution is 2.26. The SMILES string of the molecule is CCOC(=O)CNC(=O)N(CCOC)CC(=O)Nc1cc(C(C)(C)C)nn1-c1cccc(C)c1. The number of benzene rings is 1. The topological polar surface area (TPSA) is 115 Å². The second-order valence-corrected chi connectivity index (χ2v) is 8.84. The molecule has 1 aromatic heterocycles. The summed E-state index contributed by atoms with van der Waals surface area (Å²) in [7, 11) is 1.50. The number of nitrogens with one attached hydrogen (secondary N) is 2. The molecule has 0 aliphatic rings. The number of ether oxygens (including phenoxy) is 2. The van der Waals surface area contributed by atoms with Gasteiger partial charge in [0, 0.05) is 25.1 Å². The van der Waals surface area contributed by atoms with Crippen molar-refractivity contribution in [1.82, 2.24) is 20.0 Å². The van der Waals surface area contributed by atoms with Crippen molar-refractivity contribution in [2.24, 2.45) is 0 Å². The predicted molar refractivity (Wildman–Crippen MR) is 129 cm³/mol. The van der Waals surface area contributed by atoms with Crippen molar-refractivity contribution in [1.29, 1.82) is 0 Å². The number of aryl methyl sites for hydroxylation is 1. The average Bonchev–Trinajstić information content (AvgIpc) is 3.19. The summed E-state index contributed by atoms with van der Waals surface area (Å²) in [5.41, 5.74) is 2.46. The molecule has 0 aliphatic heterocycles. The number of hydrogen-bond acceptors (Lipinski definition) is 6. The molecule has 0 unspecified atom stereocenters. The van der Waals surface area contributed by atoms with Gasteiger partial charge < -0.3 is 25.0 Å². The van der Waals surface area contributed by atoms with Crippen LogP contribution in [0.15, 0.2) is 30.3 Å². The van der Waals surface area contributed by atoms with E-state index in [0.717, 1.165) is 16.9 Å². The van der Waals surface area contributed by atoms with Crippen LogP contribution in [0.5, 0.6) is 0 Å². The molecule has 0 saturated heterocycles. The van der Waals surface area contributed by atoms with Gasteiger partial charge in [-0.3, -0.25) is 9.59 Å². The van der Waals surface area contributed by atoms with Gasteiger partial charge in [0.2, 0.25) is 5.91 Å². The lowest BCUT2D eigenvalue weighted by Gasteiger charge is -2.22. The molecule has 2 aromatic rings. The first kappa shape index (κ1) is 26.8. The van der Waals surface area contributed by atoms with E-state index >= 15 is 0 Å². The molecule has 1 heterocycles. The third-order valence-electron chi connectivity index (χ3n) is 4.87. The minimum atomic E-state index is -0.567. The Kier molecular flexibility index (Phi) is 9.61. The predicted octanol–water partition coefficient (Wildman–Crippen LogP) is 2.64. The van der Waals surface area contributed by atoms with E-state index in [0.29, 0.717) is 5.82 Å². The zero-order valence-corrected chi connectivity index (χ0v) is 20.8. The number of amides is 3. The Labute approximate surface area is 200 Å². The summed E-state index contributed by atoms with van der Waals surface area (Å²) in [5.74, 6) is -0.459. The summed E-state index contributed by atoms with van der Waals surface area (Å²) >= 11 is 0. The monoisotopic (exact) mass is 473 g/mol. The number of methoxy groups -OCH3 is 1. The second-order valence-electron chi connectivity index (χ2n) is 8.84. The van der Waals surface area contributed by atoms with Gasteiger partial charge in [0.1, 0.15) is 18.9 Å². The Morgan fingerprint density at radius 3 is 2.53 bits per heavy atom. The highest BCUT2D eigenvalue weighted by atomic mass is 16.5. The van der Waals surface area contributed by atoms with Crippen LogP contribution in [0.3, 0.4) is 0 Å². The molecule has 0 bridgehead atoms. The van der Waals surface area contributed by atoms with Crippen LogP contribution in [0.4, 0.5) is 10.6 Å². The second kappa shape index (κ2) is 12.2. The smallest absolute Gasteiger partial charge is 0.325 e. The molecule has 2 N–H and O–H groups in total. The van der Waals surface area contributed by atoms with Gasteiger partial charge in [-0.15, -0.1) is 0 Å². The molecule has 1 aromatic carbocycles. The van der Waals surface area contributed by atoms with E-state index in [9.17, 15) is 14.4 Å². The van der Waals surface area contributed by atoms with Gasteiger partial charge >= 0.3 is 12.0 Å².